The van der Waals surface area contributed by atoms with E-state index in [4.69, 9.17) is 11.1 Å². The first-order valence-corrected chi connectivity index (χ1v) is 12.3. The van der Waals surface area contributed by atoms with Crippen molar-refractivity contribution < 1.29 is 0 Å². The number of hydrogen-bond donors (Lipinski definition) is 2. The fourth-order valence-corrected chi connectivity index (χ4v) is 4.90. The maximum atomic E-state index is 8.35. The van der Waals surface area contributed by atoms with Crippen molar-refractivity contribution in [2.75, 3.05) is 0 Å². The van der Waals surface area contributed by atoms with Crippen LogP contribution in [-0.2, 0) is 0 Å². The number of aromatic nitrogens is 1. The summed E-state index contributed by atoms with van der Waals surface area (Å²) in [5.41, 5.74) is 15.0. The van der Waals surface area contributed by atoms with Crippen molar-refractivity contribution >= 4 is 23.2 Å². The number of hydrogen-bond acceptors (Lipinski definition) is 2. The maximum absolute atomic E-state index is 8.35. The van der Waals surface area contributed by atoms with E-state index >= 15 is 0 Å². The van der Waals surface area contributed by atoms with Gasteiger partial charge >= 0.3 is 0 Å². The zero-order valence-corrected chi connectivity index (χ0v) is 21.4. The molecule has 0 bridgehead atoms. The van der Waals surface area contributed by atoms with Crippen LogP contribution < -0.4 is 5.73 Å². The van der Waals surface area contributed by atoms with Crippen molar-refractivity contribution in [3.8, 4) is 11.1 Å². The Morgan fingerprint density at radius 2 is 1.86 bits per heavy atom. The molecular weight excluding hydrogens is 428 g/mol. The lowest BCUT2D eigenvalue weighted by Crippen LogP contribution is -2.19. The highest BCUT2D eigenvalue weighted by Gasteiger charge is 2.25. The maximum Gasteiger partial charge on any atom is 0.125 e. The number of rotatable bonds is 11. The minimum absolute atomic E-state index is 0.0463. The van der Waals surface area contributed by atoms with Crippen LogP contribution in [0.1, 0.15) is 74.9 Å². The fraction of sp³-hybridized carbons (Fsp3) is 0.258. The van der Waals surface area contributed by atoms with Gasteiger partial charge in [-0.1, -0.05) is 71.2 Å². The van der Waals surface area contributed by atoms with Crippen LogP contribution in [0, 0.1) is 5.41 Å². The molecule has 1 aliphatic rings. The second-order valence-electron chi connectivity index (χ2n) is 8.98. The average molecular weight is 467 g/mol. The number of allylic oxidation sites excluding steroid dienone is 4. The highest BCUT2D eigenvalue weighted by atomic mass is 15.1. The number of fused-ring (bicyclic) bond motifs is 1. The summed E-state index contributed by atoms with van der Waals surface area (Å²) in [5.74, 6) is 0.0463. The molecule has 0 fully saturated rings. The van der Waals surface area contributed by atoms with Gasteiger partial charge in [-0.25, -0.2) is 0 Å². The Morgan fingerprint density at radius 1 is 1.11 bits per heavy atom. The smallest absolute Gasteiger partial charge is 0.125 e. The molecule has 4 heteroatoms. The normalized spacial score (nSPS) is 14.3. The Labute approximate surface area is 210 Å². The Balaban J connectivity index is 2.23. The van der Waals surface area contributed by atoms with E-state index in [1.54, 1.807) is 6.08 Å². The minimum atomic E-state index is 0.0463. The van der Waals surface area contributed by atoms with Gasteiger partial charge in [0.2, 0.25) is 0 Å². The van der Waals surface area contributed by atoms with E-state index in [0.29, 0.717) is 0 Å². The van der Waals surface area contributed by atoms with Crippen molar-refractivity contribution in [3.05, 3.63) is 103 Å². The van der Waals surface area contributed by atoms with E-state index in [-0.39, 0.29) is 11.9 Å². The van der Waals surface area contributed by atoms with Crippen molar-refractivity contribution in [2.45, 2.75) is 52.5 Å². The number of amidine groups is 1. The molecule has 0 spiro atoms. The Bertz CT molecular complexity index is 1230. The van der Waals surface area contributed by atoms with E-state index in [1.807, 2.05) is 18.2 Å². The standard InChI is InChI=1S/C31H38N4/c1-8-13-21(6)34-20-28(30(31(32)33)29(34)12-5)23-16-17-26-24(14-9-2)19-35(22(7)27(26)18-23)25(11-4)15-10-3/h10-12,15-21H,3-5,7-9,13-14H2,1-2,6H3,(H3,32,33)/b25-15+. The van der Waals surface area contributed by atoms with E-state index in [0.717, 1.165) is 65.0 Å². The largest absolute Gasteiger partial charge is 0.384 e. The van der Waals surface area contributed by atoms with Crippen LogP contribution >= 0.6 is 0 Å². The molecule has 1 atom stereocenters. The molecule has 0 saturated carbocycles. The van der Waals surface area contributed by atoms with Gasteiger partial charge in [0, 0.05) is 46.5 Å². The molecule has 3 N–H and O–H groups in total. The average Bonchev–Trinajstić information content (AvgIpc) is 3.25. The molecule has 35 heavy (non-hydrogen) atoms. The summed E-state index contributed by atoms with van der Waals surface area (Å²) in [6, 6.07) is 6.75. The molecule has 0 saturated heterocycles. The van der Waals surface area contributed by atoms with Gasteiger partial charge in [0.1, 0.15) is 5.84 Å². The third-order valence-corrected chi connectivity index (χ3v) is 6.57. The van der Waals surface area contributed by atoms with Crippen LogP contribution in [0.5, 0.6) is 0 Å². The van der Waals surface area contributed by atoms with Crippen LogP contribution in [0.3, 0.4) is 0 Å². The van der Waals surface area contributed by atoms with Gasteiger partial charge in [0.25, 0.3) is 0 Å². The molecule has 0 amide bonds. The van der Waals surface area contributed by atoms with Crippen molar-refractivity contribution in [1.29, 1.82) is 5.41 Å². The van der Waals surface area contributed by atoms with E-state index in [9.17, 15) is 0 Å². The Morgan fingerprint density at radius 3 is 2.43 bits per heavy atom. The molecule has 0 radical (unpaired) electrons. The Hall–Kier alpha value is -3.79. The predicted molar refractivity (Wildman–Crippen MR) is 153 cm³/mol. The Kier molecular flexibility index (Phi) is 8.18. The van der Waals surface area contributed by atoms with Gasteiger partial charge < -0.3 is 15.2 Å². The first-order valence-electron chi connectivity index (χ1n) is 12.3. The van der Waals surface area contributed by atoms with Gasteiger partial charge in [-0.15, -0.1) is 0 Å². The van der Waals surface area contributed by atoms with Crippen LogP contribution in [0.25, 0.3) is 28.5 Å². The number of benzene rings is 1. The van der Waals surface area contributed by atoms with E-state index in [1.165, 1.54) is 11.1 Å². The second-order valence-corrected chi connectivity index (χ2v) is 8.98. The lowest BCUT2D eigenvalue weighted by Gasteiger charge is -2.32. The summed E-state index contributed by atoms with van der Waals surface area (Å²) in [5, 5.41) is 8.35. The lowest BCUT2D eigenvalue weighted by molar-refractivity contribution is 0.500. The van der Waals surface area contributed by atoms with Gasteiger partial charge in [-0.2, -0.15) is 0 Å². The molecule has 2 aromatic rings. The number of nitrogen functional groups attached to an aromatic ring is 1. The summed E-state index contributed by atoms with van der Waals surface area (Å²) in [7, 11) is 0. The van der Waals surface area contributed by atoms with E-state index < -0.39 is 0 Å². The quantitative estimate of drug-likeness (QED) is 0.199. The summed E-state index contributed by atoms with van der Waals surface area (Å²) >= 11 is 0. The molecule has 2 heterocycles. The van der Waals surface area contributed by atoms with Crippen LogP contribution in [0.2, 0.25) is 0 Å². The summed E-state index contributed by atoms with van der Waals surface area (Å²) in [4.78, 5) is 2.08. The molecule has 1 aromatic carbocycles. The lowest BCUT2D eigenvalue weighted by atomic mass is 9.88. The first-order chi connectivity index (χ1) is 16.8. The third kappa shape index (κ3) is 4.88. The molecule has 182 valence electrons. The third-order valence-electron chi connectivity index (χ3n) is 6.57. The summed E-state index contributed by atoms with van der Waals surface area (Å²) in [6.45, 7) is 22.9. The van der Waals surface area contributed by atoms with Crippen LogP contribution in [0.4, 0.5) is 0 Å². The monoisotopic (exact) mass is 466 g/mol. The van der Waals surface area contributed by atoms with Crippen LogP contribution in [0.15, 0.2) is 80.8 Å². The molecule has 1 aliphatic heterocycles. The van der Waals surface area contributed by atoms with E-state index in [2.05, 4.69) is 87.1 Å². The molecular formula is C31H38N4. The van der Waals surface area contributed by atoms with Gasteiger partial charge in [0.05, 0.1) is 5.69 Å². The topological polar surface area (TPSA) is 58.0 Å². The predicted octanol–water partition coefficient (Wildman–Crippen LogP) is 8.13. The molecule has 1 unspecified atom stereocenters. The molecule has 1 aromatic heterocycles. The van der Waals surface area contributed by atoms with Crippen molar-refractivity contribution in [3.63, 3.8) is 0 Å². The highest BCUT2D eigenvalue weighted by molar-refractivity contribution is 6.05. The van der Waals surface area contributed by atoms with Crippen LogP contribution in [-0.4, -0.2) is 15.3 Å². The zero-order valence-electron chi connectivity index (χ0n) is 21.4. The SMILES string of the molecule is C=C/C=C(\C=C)N1C=C(CCC)c2ccc(-c3cn(C(C)CCC)c(C=C)c3C(=N)N)cc2C1=C. The highest BCUT2D eigenvalue weighted by Crippen LogP contribution is 2.41. The van der Waals surface area contributed by atoms with Gasteiger partial charge in [-0.3, -0.25) is 5.41 Å². The number of nitrogens with two attached hydrogens (primary N) is 1. The number of nitrogens with zero attached hydrogens (tertiary/aromatic N) is 2. The van der Waals surface area contributed by atoms with Crippen molar-refractivity contribution in [2.24, 2.45) is 5.73 Å². The zero-order chi connectivity index (χ0) is 25.7. The van der Waals surface area contributed by atoms with Crippen molar-refractivity contribution in [1.82, 2.24) is 9.47 Å². The summed E-state index contributed by atoms with van der Waals surface area (Å²) in [6.07, 6.45) is 15.7. The number of nitrogens with one attached hydrogen (secondary N) is 1. The fourth-order valence-electron chi connectivity index (χ4n) is 4.90. The van der Waals surface area contributed by atoms with Gasteiger partial charge in [-0.05, 0) is 60.8 Å². The molecule has 0 aliphatic carbocycles. The second kappa shape index (κ2) is 11.1. The molecule has 3 rings (SSSR count). The minimum Gasteiger partial charge on any atom is -0.384 e. The van der Waals surface area contributed by atoms with Gasteiger partial charge in [0.15, 0.2) is 0 Å². The molecule has 4 nitrogen and oxygen atoms in total. The first kappa shape index (κ1) is 25.8. The summed E-state index contributed by atoms with van der Waals surface area (Å²) < 4.78 is 2.20.